The fraction of sp³-hybridized carbons (Fsp3) is 0.600. The summed E-state index contributed by atoms with van der Waals surface area (Å²) in [5.74, 6) is 2.14. The van der Waals surface area contributed by atoms with E-state index in [1.54, 1.807) is 0 Å². The maximum Gasteiger partial charge on any atom is 0.161 e. The first-order valence-corrected chi connectivity index (χ1v) is 7.07. The summed E-state index contributed by atoms with van der Waals surface area (Å²) in [5.41, 5.74) is 0. The van der Waals surface area contributed by atoms with E-state index in [1.807, 2.05) is 31.2 Å². The highest BCUT2D eigenvalue weighted by molar-refractivity contribution is 6.20. The fourth-order valence-corrected chi connectivity index (χ4v) is 1.79. The first-order valence-electron chi connectivity index (χ1n) is 6.63. The minimum atomic E-state index is 0.232. The van der Waals surface area contributed by atoms with Crippen LogP contribution in [0.15, 0.2) is 24.3 Å². The van der Waals surface area contributed by atoms with Crippen LogP contribution in [0.5, 0.6) is 11.5 Å². The minimum absolute atomic E-state index is 0.232. The highest BCUT2D eigenvalue weighted by Gasteiger charge is 2.09. The van der Waals surface area contributed by atoms with Gasteiger partial charge in [0.15, 0.2) is 11.5 Å². The number of para-hydroxylation sites is 2. The van der Waals surface area contributed by atoms with E-state index in [9.17, 15) is 0 Å². The third-order valence-corrected chi connectivity index (χ3v) is 3.48. The highest BCUT2D eigenvalue weighted by Crippen LogP contribution is 2.26. The molecule has 1 rings (SSSR count). The number of hydrogen-bond acceptors (Lipinski definition) is 2. The Morgan fingerprint density at radius 3 is 2.28 bits per heavy atom. The highest BCUT2D eigenvalue weighted by atomic mass is 35.5. The summed E-state index contributed by atoms with van der Waals surface area (Å²) in [6.45, 7) is 7.58. The van der Waals surface area contributed by atoms with Crippen LogP contribution in [0, 0.1) is 5.92 Å². The third-order valence-electron chi connectivity index (χ3n) is 2.75. The van der Waals surface area contributed by atoms with E-state index in [4.69, 9.17) is 21.1 Å². The molecule has 0 fully saturated rings. The average Bonchev–Trinajstić information content (AvgIpc) is 2.36. The summed E-state index contributed by atoms with van der Waals surface area (Å²) >= 11 is 6.20. The van der Waals surface area contributed by atoms with E-state index in [-0.39, 0.29) is 5.38 Å². The van der Waals surface area contributed by atoms with Gasteiger partial charge in [-0.15, -0.1) is 11.6 Å². The molecule has 0 bridgehead atoms. The zero-order chi connectivity index (χ0) is 13.4. The van der Waals surface area contributed by atoms with Crippen molar-refractivity contribution >= 4 is 11.6 Å². The molecule has 1 aromatic carbocycles. The van der Waals surface area contributed by atoms with Gasteiger partial charge in [-0.2, -0.15) is 0 Å². The van der Waals surface area contributed by atoms with Crippen LogP contribution in [-0.4, -0.2) is 18.6 Å². The summed E-state index contributed by atoms with van der Waals surface area (Å²) in [6, 6.07) is 7.77. The summed E-state index contributed by atoms with van der Waals surface area (Å²) in [7, 11) is 0. The van der Waals surface area contributed by atoms with Crippen molar-refractivity contribution in [2.75, 3.05) is 13.2 Å². The molecule has 0 saturated heterocycles. The normalized spacial score (nSPS) is 12.5. The molecule has 1 unspecified atom stereocenters. The average molecular weight is 271 g/mol. The van der Waals surface area contributed by atoms with Crippen LogP contribution in [0.4, 0.5) is 0 Å². The van der Waals surface area contributed by atoms with Gasteiger partial charge in [0.1, 0.15) is 0 Å². The van der Waals surface area contributed by atoms with E-state index in [0.717, 1.165) is 24.3 Å². The Kier molecular flexibility index (Phi) is 6.96. The van der Waals surface area contributed by atoms with Crippen LogP contribution in [0.2, 0.25) is 0 Å². The molecule has 3 heteroatoms. The number of alkyl halides is 1. The maximum atomic E-state index is 6.20. The van der Waals surface area contributed by atoms with Gasteiger partial charge in [-0.05, 0) is 37.8 Å². The van der Waals surface area contributed by atoms with Crippen molar-refractivity contribution < 1.29 is 9.47 Å². The molecule has 0 aliphatic rings. The fourth-order valence-electron chi connectivity index (χ4n) is 1.64. The number of halogens is 1. The van der Waals surface area contributed by atoms with Crippen LogP contribution in [0.25, 0.3) is 0 Å². The van der Waals surface area contributed by atoms with Crippen molar-refractivity contribution in [1.82, 2.24) is 0 Å². The smallest absolute Gasteiger partial charge is 0.161 e. The van der Waals surface area contributed by atoms with Crippen LogP contribution in [0.3, 0.4) is 0 Å². The molecule has 0 amide bonds. The quantitative estimate of drug-likeness (QED) is 0.511. The van der Waals surface area contributed by atoms with Gasteiger partial charge in [0.2, 0.25) is 0 Å². The molecule has 0 aliphatic heterocycles. The van der Waals surface area contributed by atoms with E-state index >= 15 is 0 Å². The molecule has 0 saturated carbocycles. The molecule has 0 radical (unpaired) electrons. The second-order valence-corrected chi connectivity index (χ2v) is 5.19. The molecule has 2 nitrogen and oxygen atoms in total. The van der Waals surface area contributed by atoms with Crippen molar-refractivity contribution in [2.24, 2.45) is 5.92 Å². The van der Waals surface area contributed by atoms with Crippen molar-refractivity contribution in [3.05, 3.63) is 24.3 Å². The molecule has 0 N–H and O–H groups in total. The van der Waals surface area contributed by atoms with Gasteiger partial charge < -0.3 is 9.47 Å². The van der Waals surface area contributed by atoms with Gasteiger partial charge in [0, 0.05) is 5.38 Å². The van der Waals surface area contributed by atoms with Gasteiger partial charge in [0.05, 0.1) is 13.2 Å². The topological polar surface area (TPSA) is 18.5 Å². The Labute approximate surface area is 115 Å². The second-order valence-electron chi connectivity index (χ2n) is 4.63. The molecule has 0 aliphatic carbocycles. The van der Waals surface area contributed by atoms with Gasteiger partial charge in [-0.3, -0.25) is 0 Å². The van der Waals surface area contributed by atoms with Crippen LogP contribution < -0.4 is 9.47 Å². The minimum Gasteiger partial charge on any atom is -0.490 e. The molecular weight excluding hydrogens is 248 g/mol. The lowest BCUT2D eigenvalue weighted by molar-refractivity contribution is 0.269. The number of ether oxygens (including phenoxy) is 2. The molecular formula is C15H23ClO2. The number of rotatable bonds is 8. The van der Waals surface area contributed by atoms with Crippen molar-refractivity contribution in [3.8, 4) is 11.5 Å². The Balaban J connectivity index is 2.35. The van der Waals surface area contributed by atoms with Gasteiger partial charge in [-0.1, -0.05) is 26.0 Å². The van der Waals surface area contributed by atoms with Gasteiger partial charge >= 0.3 is 0 Å². The van der Waals surface area contributed by atoms with Gasteiger partial charge in [-0.25, -0.2) is 0 Å². The summed E-state index contributed by atoms with van der Waals surface area (Å²) in [5, 5.41) is 0.232. The van der Waals surface area contributed by atoms with E-state index in [2.05, 4.69) is 13.8 Å². The molecule has 0 spiro atoms. The summed E-state index contributed by atoms with van der Waals surface area (Å²) in [6.07, 6.45) is 1.95. The van der Waals surface area contributed by atoms with E-state index in [1.165, 1.54) is 0 Å². The standard InChI is InChI=1S/C15H23ClO2/c1-4-17-14-9-5-6-10-15(14)18-11-7-8-13(16)12(2)3/h5-6,9-10,12-13H,4,7-8,11H2,1-3H3. The third kappa shape index (κ3) is 5.18. The van der Waals surface area contributed by atoms with Crippen LogP contribution in [0.1, 0.15) is 33.6 Å². The first kappa shape index (κ1) is 15.2. The van der Waals surface area contributed by atoms with Crippen molar-refractivity contribution in [2.45, 2.75) is 39.0 Å². The van der Waals surface area contributed by atoms with Crippen LogP contribution in [-0.2, 0) is 0 Å². The Hall–Kier alpha value is -0.890. The summed E-state index contributed by atoms with van der Waals surface area (Å²) in [4.78, 5) is 0. The lowest BCUT2D eigenvalue weighted by atomic mass is 10.1. The van der Waals surface area contributed by atoms with Gasteiger partial charge in [0.25, 0.3) is 0 Å². The van der Waals surface area contributed by atoms with Crippen molar-refractivity contribution in [1.29, 1.82) is 0 Å². The molecule has 1 aromatic rings. The number of hydrogen-bond donors (Lipinski definition) is 0. The van der Waals surface area contributed by atoms with Crippen LogP contribution >= 0.6 is 11.6 Å². The zero-order valence-electron chi connectivity index (χ0n) is 11.5. The Bertz CT molecular complexity index is 339. The zero-order valence-corrected chi connectivity index (χ0v) is 12.2. The lowest BCUT2D eigenvalue weighted by Gasteiger charge is -2.14. The lowest BCUT2D eigenvalue weighted by Crippen LogP contribution is -2.10. The molecule has 1 atom stereocenters. The molecule has 0 heterocycles. The maximum absolute atomic E-state index is 6.20. The Morgan fingerprint density at radius 2 is 1.72 bits per heavy atom. The second kappa shape index (κ2) is 8.25. The summed E-state index contributed by atoms with van der Waals surface area (Å²) < 4.78 is 11.2. The predicted octanol–water partition coefficient (Wildman–Crippen LogP) is 4.51. The van der Waals surface area contributed by atoms with E-state index < -0.39 is 0 Å². The largest absolute Gasteiger partial charge is 0.490 e. The Morgan fingerprint density at radius 1 is 1.11 bits per heavy atom. The number of benzene rings is 1. The van der Waals surface area contributed by atoms with Crippen molar-refractivity contribution in [3.63, 3.8) is 0 Å². The molecule has 102 valence electrons. The monoisotopic (exact) mass is 270 g/mol. The van der Waals surface area contributed by atoms with E-state index in [0.29, 0.717) is 19.1 Å². The first-order chi connectivity index (χ1) is 8.65. The molecule has 0 aromatic heterocycles. The predicted molar refractivity (Wildman–Crippen MR) is 76.8 cm³/mol. The SMILES string of the molecule is CCOc1ccccc1OCCCC(Cl)C(C)C. The molecule has 18 heavy (non-hydrogen) atoms.